The first-order valence-electron chi connectivity index (χ1n) is 4.88. The smallest absolute Gasteiger partial charge is 0.227 e. The summed E-state index contributed by atoms with van der Waals surface area (Å²) in [5.41, 5.74) is 0.887. The number of aliphatic hydroxyl groups excluding tert-OH is 1. The van der Waals surface area contributed by atoms with Crippen LogP contribution < -0.4 is 4.90 Å². The Morgan fingerprint density at radius 2 is 2.20 bits per heavy atom. The predicted molar refractivity (Wildman–Crippen MR) is 61.7 cm³/mol. The summed E-state index contributed by atoms with van der Waals surface area (Å²) >= 11 is 3.42. The highest BCUT2D eigenvalue weighted by atomic mass is 79.9. The molecule has 1 aliphatic rings. The van der Waals surface area contributed by atoms with Gasteiger partial charge in [0, 0.05) is 30.0 Å². The Morgan fingerprint density at radius 3 is 2.80 bits per heavy atom. The zero-order valence-corrected chi connectivity index (χ0v) is 9.77. The van der Waals surface area contributed by atoms with E-state index in [0.717, 1.165) is 10.2 Å². The number of para-hydroxylation sites is 1. The molecular formula is C11H12BrNO2. The van der Waals surface area contributed by atoms with Crippen molar-refractivity contribution in [3.05, 3.63) is 28.7 Å². The quantitative estimate of drug-likeness (QED) is 0.890. The Kier molecular flexibility index (Phi) is 3.07. The van der Waals surface area contributed by atoms with Gasteiger partial charge in [0.1, 0.15) is 0 Å². The number of carbonyl (C=O) groups is 1. The molecule has 2 rings (SSSR count). The molecule has 15 heavy (non-hydrogen) atoms. The van der Waals surface area contributed by atoms with Crippen LogP contribution in [0.3, 0.4) is 0 Å². The molecule has 1 aromatic carbocycles. The largest absolute Gasteiger partial charge is 0.396 e. The third-order valence-electron chi connectivity index (χ3n) is 2.61. The van der Waals surface area contributed by atoms with Gasteiger partial charge < -0.3 is 10.0 Å². The first kappa shape index (κ1) is 10.6. The number of hydrogen-bond acceptors (Lipinski definition) is 2. The summed E-state index contributed by atoms with van der Waals surface area (Å²) < 4.78 is 0.914. The summed E-state index contributed by atoms with van der Waals surface area (Å²) in [6.45, 7) is 0.685. The van der Waals surface area contributed by atoms with Crippen molar-refractivity contribution in [2.24, 2.45) is 5.92 Å². The molecule has 1 aliphatic heterocycles. The van der Waals surface area contributed by atoms with E-state index in [2.05, 4.69) is 15.9 Å². The van der Waals surface area contributed by atoms with Crippen LogP contribution in [0.4, 0.5) is 5.69 Å². The Morgan fingerprint density at radius 1 is 1.47 bits per heavy atom. The summed E-state index contributed by atoms with van der Waals surface area (Å²) in [7, 11) is 0. The van der Waals surface area contributed by atoms with Gasteiger partial charge in [-0.2, -0.15) is 0 Å². The maximum Gasteiger partial charge on any atom is 0.227 e. The predicted octanol–water partition coefficient (Wildman–Crippen LogP) is 1.79. The minimum Gasteiger partial charge on any atom is -0.396 e. The van der Waals surface area contributed by atoms with Crippen LogP contribution >= 0.6 is 15.9 Å². The number of rotatable bonds is 2. The van der Waals surface area contributed by atoms with E-state index in [0.29, 0.717) is 13.0 Å². The van der Waals surface area contributed by atoms with Crippen LogP contribution in [0.15, 0.2) is 28.7 Å². The number of amides is 1. The highest BCUT2D eigenvalue weighted by molar-refractivity contribution is 9.10. The molecule has 0 bridgehead atoms. The molecule has 4 heteroatoms. The van der Waals surface area contributed by atoms with E-state index in [1.165, 1.54) is 0 Å². The summed E-state index contributed by atoms with van der Waals surface area (Å²) in [6.07, 6.45) is 0.442. The minimum atomic E-state index is 0.0737. The lowest BCUT2D eigenvalue weighted by Gasteiger charge is -2.17. The molecule has 0 aliphatic carbocycles. The standard InChI is InChI=1S/C11H12BrNO2/c12-9-3-1-2-4-10(9)13-6-8(7-14)5-11(13)15/h1-4,8,14H,5-7H2. The van der Waals surface area contributed by atoms with Crippen molar-refractivity contribution in [1.29, 1.82) is 0 Å². The molecule has 0 spiro atoms. The molecule has 0 aromatic heterocycles. The van der Waals surface area contributed by atoms with E-state index >= 15 is 0 Å². The monoisotopic (exact) mass is 269 g/mol. The average molecular weight is 270 g/mol. The molecule has 0 saturated carbocycles. The maximum atomic E-state index is 11.7. The van der Waals surface area contributed by atoms with Crippen molar-refractivity contribution in [3.8, 4) is 0 Å². The van der Waals surface area contributed by atoms with E-state index in [-0.39, 0.29) is 18.4 Å². The van der Waals surface area contributed by atoms with E-state index in [9.17, 15) is 4.79 Å². The van der Waals surface area contributed by atoms with Crippen molar-refractivity contribution in [2.45, 2.75) is 6.42 Å². The SMILES string of the molecule is O=C1CC(CO)CN1c1ccccc1Br. The average Bonchev–Trinajstić information content (AvgIpc) is 2.60. The van der Waals surface area contributed by atoms with Crippen LogP contribution in [0.5, 0.6) is 0 Å². The highest BCUT2D eigenvalue weighted by Gasteiger charge is 2.30. The van der Waals surface area contributed by atoms with Crippen molar-refractivity contribution >= 4 is 27.5 Å². The highest BCUT2D eigenvalue weighted by Crippen LogP contribution is 2.30. The van der Waals surface area contributed by atoms with Gasteiger partial charge in [-0.25, -0.2) is 0 Å². The molecular weight excluding hydrogens is 258 g/mol. The van der Waals surface area contributed by atoms with E-state index < -0.39 is 0 Å². The molecule has 1 aromatic rings. The molecule has 1 atom stereocenters. The fraction of sp³-hybridized carbons (Fsp3) is 0.364. The van der Waals surface area contributed by atoms with Gasteiger partial charge in [-0.05, 0) is 28.1 Å². The summed E-state index contributed by atoms with van der Waals surface area (Å²) in [5.74, 6) is 0.158. The molecule has 80 valence electrons. The van der Waals surface area contributed by atoms with Crippen LogP contribution in [0, 0.1) is 5.92 Å². The van der Waals surface area contributed by atoms with Crippen molar-refractivity contribution in [3.63, 3.8) is 0 Å². The van der Waals surface area contributed by atoms with Crippen molar-refractivity contribution in [1.82, 2.24) is 0 Å². The van der Waals surface area contributed by atoms with E-state index in [1.807, 2.05) is 24.3 Å². The third kappa shape index (κ3) is 2.06. The fourth-order valence-electron chi connectivity index (χ4n) is 1.81. The molecule has 1 saturated heterocycles. The number of anilines is 1. The molecule has 1 amide bonds. The number of hydrogen-bond donors (Lipinski definition) is 1. The van der Waals surface area contributed by atoms with Gasteiger partial charge in [-0.1, -0.05) is 12.1 Å². The van der Waals surface area contributed by atoms with Gasteiger partial charge in [0.05, 0.1) is 5.69 Å². The molecule has 1 unspecified atom stereocenters. The normalized spacial score (nSPS) is 21.1. The first-order chi connectivity index (χ1) is 7.22. The van der Waals surface area contributed by atoms with Crippen molar-refractivity contribution in [2.75, 3.05) is 18.1 Å². The van der Waals surface area contributed by atoms with Crippen LogP contribution in [0.2, 0.25) is 0 Å². The van der Waals surface area contributed by atoms with Gasteiger partial charge >= 0.3 is 0 Å². The van der Waals surface area contributed by atoms with Gasteiger partial charge in [0.15, 0.2) is 0 Å². The zero-order valence-electron chi connectivity index (χ0n) is 8.19. The molecule has 3 nitrogen and oxygen atoms in total. The summed E-state index contributed by atoms with van der Waals surface area (Å²) in [6, 6.07) is 7.63. The van der Waals surface area contributed by atoms with Crippen LogP contribution in [-0.4, -0.2) is 24.2 Å². The van der Waals surface area contributed by atoms with Crippen LogP contribution in [-0.2, 0) is 4.79 Å². The Hall–Kier alpha value is -0.870. The second kappa shape index (κ2) is 4.33. The van der Waals surface area contributed by atoms with Gasteiger partial charge in [0.25, 0.3) is 0 Å². The minimum absolute atomic E-state index is 0.0737. The van der Waals surface area contributed by atoms with Gasteiger partial charge in [-0.15, -0.1) is 0 Å². The topological polar surface area (TPSA) is 40.5 Å². The van der Waals surface area contributed by atoms with Gasteiger partial charge in [0.2, 0.25) is 5.91 Å². The molecule has 0 radical (unpaired) electrons. The number of carbonyl (C=O) groups excluding carboxylic acids is 1. The number of nitrogens with zero attached hydrogens (tertiary/aromatic N) is 1. The van der Waals surface area contributed by atoms with Crippen LogP contribution in [0.1, 0.15) is 6.42 Å². The summed E-state index contributed by atoms with van der Waals surface area (Å²) in [5, 5.41) is 9.03. The second-order valence-corrected chi connectivity index (χ2v) is 4.56. The fourth-order valence-corrected chi connectivity index (χ4v) is 2.31. The van der Waals surface area contributed by atoms with E-state index in [4.69, 9.17) is 5.11 Å². The Labute approximate surface area is 96.8 Å². The number of aliphatic hydroxyl groups is 1. The molecule has 1 N–H and O–H groups in total. The Bertz CT molecular complexity index is 381. The van der Waals surface area contributed by atoms with Crippen LogP contribution in [0.25, 0.3) is 0 Å². The number of benzene rings is 1. The third-order valence-corrected chi connectivity index (χ3v) is 3.28. The lowest BCUT2D eigenvalue weighted by atomic mass is 10.1. The summed E-state index contributed by atoms with van der Waals surface area (Å²) in [4.78, 5) is 13.4. The van der Waals surface area contributed by atoms with Gasteiger partial charge in [-0.3, -0.25) is 4.79 Å². The van der Waals surface area contributed by atoms with E-state index in [1.54, 1.807) is 4.90 Å². The molecule has 1 heterocycles. The molecule has 1 fully saturated rings. The lowest BCUT2D eigenvalue weighted by molar-refractivity contribution is -0.117. The van der Waals surface area contributed by atoms with Crippen molar-refractivity contribution < 1.29 is 9.90 Å². The lowest BCUT2D eigenvalue weighted by Crippen LogP contribution is -2.25. The number of halogens is 1. The first-order valence-corrected chi connectivity index (χ1v) is 5.67. The zero-order chi connectivity index (χ0) is 10.8. The Balaban J connectivity index is 2.25. The maximum absolute atomic E-state index is 11.7. The second-order valence-electron chi connectivity index (χ2n) is 3.71.